The number of hydrogen-bond acceptors (Lipinski definition) is 4. The lowest BCUT2D eigenvalue weighted by Gasteiger charge is -2.14. The minimum atomic E-state index is -1.18. The fourth-order valence-corrected chi connectivity index (χ4v) is 1.64. The first-order valence-electron chi connectivity index (χ1n) is 6.47. The molecule has 1 aromatic carbocycles. The van der Waals surface area contributed by atoms with Crippen LogP contribution < -0.4 is 11.1 Å². The number of hydrogen-bond donors (Lipinski definition) is 3. The maximum absolute atomic E-state index is 11.5. The van der Waals surface area contributed by atoms with Gasteiger partial charge in [-0.1, -0.05) is 30.3 Å². The molecule has 0 saturated carbocycles. The number of benzene rings is 1. The first kappa shape index (κ1) is 16.5. The molecule has 4 N–H and O–H groups in total. The number of rotatable bonds is 8. The predicted molar refractivity (Wildman–Crippen MR) is 74.2 cm³/mol. The summed E-state index contributed by atoms with van der Waals surface area (Å²) in [6.07, 6.45) is -0.348. The summed E-state index contributed by atoms with van der Waals surface area (Å²) < 4.78 is 4.93. The molecule has 0 spiro atoms. The Morgan fingerprint density at radius 1 is 1.24 bits per heavy atom. The van der Waals surface area contributed by atoms with Gasteiger partial charge in [0.05, 0.1) is 0 Å². The third-order valence-electron chi connectivity index (χ3n) is 2.72. The van der Waals surface area contributed by atoms with Crippen LogP contribution in [0.1, 0.15) is 24.8 Å². The van der Waals surface area contributed by atoms with Crippen molar-refractivity contribution in [2.24, 2.45) is 5.73 Å². The Kier molecular flexibility index (Phi) is 6.73. The van der Waals surface area contributed by atoms with Crippen molar-refractivity contribution < 1.29 is 24.2 Å². The predicted octanol–water partition coefficient (Wildman–Crippen LogP) is 1.02. The van der Waals surface area contributed by atoms with Gasteiger partial charge in [0.2, 0.25) is 5.91 Å². The SMILES string of the molecule is NC(=O)CCCC(NC(=O)OCc1ccccc1)C(=O)O. The highest BCUT2D eigenvalue weighted by Gasteiger charge is 2.20. The third-order valence-corrected chi connectivity index (χ3v) is 2.72. The van der Waals surface area contributed by atoms with Gasteiger partial charge < -0.3 is 20.9 Å². The smallest absolute Gasteiger partial charge is 0.408 e. The molecule has 0 fully saturated rings. The van der Waals surface area contributed by atoms with Crippen LogP contribution in [0.15, 0.2) is 30.3 Å². The van der Waals surface area contributed by atoms with Crippen molar-refractivity contribution in [1.29, 1.82) is 0 Å². The van der Waals surface area contributed by atoms with E-state index < -0.39 is 24.0 Å². The zero-order valence-electron chi connectivity index (χ0n) is 11.5. The van der Waals surface area contributed by atoms with Gasteiger partial charge in [-0.3, -0.25) is 4.79 Å². The lowest BCUT2D eigenvalue weighted by molar-refractivity contribution is -0.139. The molecule has 0 radical (unpaired) electrons. The molecule has 0 aliphatic carbocycles. The minimum Gasteiger partial charge on any atom is -0.480 e. The topological polar surface area (TPSA) is 119 Å². The highest BCUT2D eigenvalue weighted by Crippen LogP contribution is 2.04. The molecular formula is C14H18N2O5. The van der Waals surface area contributed by atoms with E-state index in [1.165, 1.54) is 0 Å². The van der Waals surface area contributed by atoms with Crippen LogP contribution in [0.3, 0.4) is 0 Å². The molecule has 1 rings (SSSR count). The molecule has 1 unspecified atom stereocenters. The van der Waals surface area contributed by atoms with Gasteiger partial charge >= 0.3 is 12.1 Å². The van der Waals surface area contributed by atoms with Gasteiger partial charge in [-0.2, -0.15) is 0 Å². The van der Waals surface area contributed by atoms with Crippen molar-refractivity contribution >= 4 is 18.0 Å². The maximum Gasteiger partial charge on any atom is 0.408 e. The molecule has 7 heteroatoms. The lowest BCUT2D eigenvalue weighted by Crippen LogP contribution is -2.41. The Balaban J connectivity index is 2.38. The molecule has 0 bridgehead atoms. The summed E-state index contributed by atoms with van der Waals surface area (Å²) in [6, 6.07) is 7.92. The number of carboxylic acid groups (broad SMARTS) is 1. The fourth-order valence-electron chi connectivity index (χ4n) is 1.64. The Morgan fingerprint density at radius 3 is 2.48 bits per heavy atom. The molecule has 0 aromatic heterocycles. The first-order valence-corrected chi connectivity index (χ1v) is 6.47. The van der Waals surface area contributed by atoms with Crippen LogP contribution in [0.4, 0.5) is 4.79 Å². The van der Waals surface area contributed by atoms with Crippen LogP contribution in [-0.2, 0) is 20.9 Å². The molecular weight excluding hydrogens is 276 g/mol. The monoisotopic (exact) mass is 294 g/mol. The number of nitrogens with one attached hydrogen (secondary N) is 1. The van der Waals surface area contributed by atoms with Crippen molar-refractivity contribution in [3.63, 3.8) is 0 Å². The maximum atomic E-state index is 11.5. The van der Waals surface area contributed by atoms with Crippen molar-refractivity contribution in [3.05, 3.63) is 35.9 Å². The first-order chi connectivity index (χ1) is 9.99. The summed E-state index contributed by atoms with van der Waals surface area (Å²) in [4.78, 5) is 33.1. The quantitative estimate of drug-likeness (QED) is 0.661. The van der Waals surface area contributed by atoms with Gasteiger partial charge in [-0.25, -0.2) is 9.59 Å². The van der Waals surface area contributed by atoms with Crippen molar-refractivity contribution in [2.45, 2.75) is 31.9 Å². The largest absolute Gasteiger partial charge is 0.480 e. The van der Waals surface area contributed by atoms with Crippen LogP contribution in [0, 0.1) is 0 Å². The molecule has 7 nitrogen and oxygen atoms in total. The van der Waals surface area contributed by atoms with Gasteiger partial charge in [0.1, 0.15) is 12.6 Å². The van der Waals surface area contributed by atoms with E-state index in [1.54, 1.807) is 24.3 Å². The number of nitrogens with two attached hydrogens (primary N) is 1. The summed E-state index contributed by atoms with van der Waals surface area (Å²) >= 11 is 0. The van der Waals surface area contributed by atoms with Crippen LogP contribution in [-0.4, -0.2) is 29.1 Å². The van der Waals surface area contributed by atoms with E-state index in [0.717, 1.165) is 5.56 Å². The molecule has 2 amide bonds. The highest BCUT2D eigenvalue weighted by molar-refractivity contribution is 5.80. The van der Waals surface area contributed by atoms with E-state index in [0.29, 0.717) is 0 Å². The van der Waals surface area contributed by atoms with Crippen molar-refractivity contribution in [1.82, 2.24) is 5.32 Å². The van der Waals surface area contributed by atoms with Crippen molar-refractivity contribution in [3.8, 4) is 0 Å². The minimum absolute atomic E-state index is 0.0559. The molecule has 0 saturated heterocycles. The molecule has 0 aliphatic rings. The molecule has 21 heavy (non-hydrogen) atoms. The summed E-state index contributed by atoms with van der Waals surface area (Å²) in [5.41, 5.74) is 5.77. The van der Waals surface area contributed by atoms with E-state index in [1.807, 2.05) is 6.07 Å². The van der Waals surface area contributed by atoms with E-state index in [-0.39, 0.29) is 25.9 Å². The average molecular weight is 294 g/mol. The van der Waals surface area contributed by atoms with Gasteiger partial charge in [-0.05, 0) is 18.4 Å². The second kappa shape index (κ2) is 8.57. The molecule has 114 valence electrons. The van der Waals surface area contributed by atoms with E-state index in [9.17, 15) is 14.4 Å². The van der Waals surface area contributed by atoms with Crippen LogP contribution >= 0.6 is 0 Å². The van der Waals surface area contributed by atoms with Crippen LogP contribution in [0.25, 0.3) is 0 Å². The Bertz CT molecular complexity index is 489. The number of carbonyl (C=O) groups excluding carboxylic acids is 2. The standard InChI is InChI=1S/C14H18N2O5/c15-12(17)8-4-7-11(13(18)19)16-14(20)21-9-10-5-2-1-3-6-10/h1-3,5-6,11H,4,7-9H2,(H2,15,17)(H,16,20)(H,18,19). The number of primary amides is 1. The average Bonchev–Trinajstić information content (AvgIpc) is 2.44. The van der Waals surface area contributed by atoms with Gasteiger partial charge in [-0.15, -0.1) is 0 Å². The fraction of sp³-hybridized carbons (Fsp3) is 0.357. The van der Waals surface area contributed by atoms with Gasteiger partial charge in [0.15, 0.2) is 0 Å². The number of aliphatic carboxylic acids is 1. The van der Waals surface area contributed by atoms with Gasteiger partial charge in [0.25, 0.3) is 0 Å². The number of alkyl carbamates (subject to hydrolysis) is 1. The van der Waals surface area contributed by atoms with Crippen molar-refractivity contribution in [2.75, 3.05) is 0 Å². The summed E-state index contributed by atoms with van der Waals surface area (Å²) in [5.74, 6) is -1.69. The van der Waals surface area contributed by atoms with E-state index in [2.05, 4.69) is 5.32 Å². The Labute approximate surface area is 122 Å². The van der Waals surface area contributed by atoms with Gasteiger partial charge in [0, 0.05) is 6.42 Å². The summed E-state index contributed by atoms with van der Waals surface area (Å²) in [5, 5.41) is 11.2. The summed E-state index contributed by atoms with van der Waals surface area (Å²) in [6.45, 7) is 0.0559. The number of carboxylic acids is 1. The number of ether oxygens (including phenoxy) is 1. The molecule has 1 aromatic rings. The Hall–Kier alpha value is -2.57. The second-order valence-corrected chi connectivity index (χ2v) is 4.46. The molecule has 1 atom stereocenters. The van der Waals surface area contributed by atoms with Crippen LogP contribution in [0.2, 0.25) is 0 Å². The highest BCUT2D eigenvalue weighted by atomic mass is 16.5. The van der Waals surface area contributed by atoms with E-state index >= 15 is 0 Å². The number of amides is 2. The zero-order valence-corrected chi connectivity index (χ0v) is 11.5. The lowest BCUT2D eigenvalue weighted by atomic mass is 10.1. The molecule has 0 aliphatic heterocycles. The zero-order chi connectivity index (χ0) is 15.7. The van der Waals surface area contributed by atoms with E-state index in [4.69, 9.17) is 15.6 Å². The normalized spacial score (nSPS) is 11.4. The molecule has 0 heterocycles. The second-order valence-electron chi connectivity index (χ2n) is 4.46. The Morgan fingerprint density at radius 2 is 1.90 bits per heavy atom. The number of carbonyl (C=O) groups is 3. The third kappa shape index (κ3) is 6.95. The van der Waals surface area contributed by atoms with Crippen LogP contribution in [0.5, 0.6) is 0 Å². The summed E-state index contributed by atoms with van der Waals surface area (Å²) in [7, 11) is 0.